The zero-order chi connectivity index (χ0) is 27.2. The summed E-state index contributed by atoms with van der Waals surface area (Å²) in [5.41, 5.74) is 3.05. The monoisotopic (exact) mass is 583 g/mol. The topological polar surface area (TPSA) is 74.5 Å². The number of ether oxygens (including phenoxy) is 3. The van der Waals surface area contributed by atoms with Crippen LogP contribution in [0.1, 0.15) is 48.2 Å². The summed E-state index contributed by atoms with van der Waals surface area (Å²) in [6, 6.07) is 12.4. The second kappa shape index (κ2) is 10.8. The van der Waals surface area contributed by atoms with Gasteiger partial charge in [-0.3, -0.25) is 4.90 Å². The fourth-order valence-electron chi connectivity index (χ4n) is 5.85. The van der Waals surface area contributed by atoms with Crippen LogP contribution in [0.5, 0.6) is 11.5 Å². The van der Waals surface area contributed by atoms with E-state index in [2.05, 4.69) is 25.7 Å². The summed E-state index contributed by atoms with van der Waals surface area (Å²) >= 11 is 12.1. The lowest BCUT2D eigenvalue weighted by molar-refractivity contribution is -0.0593. The molecular weight excluding hydrogens is 556 g/mol. The van der Waals surface area contributed by atoms with Crippen molar-refractivity contribution in [3.63, 3.8) is 0 Å². The molecule has 0 amide bonds. The van der Waals surface area contributed by atoms with E-state index in [0.29, 0.717) is 46.2 Å². The number of imidazole rings is 1. The summed E-state index contributed by atoms with van der Waals surface area (Å²) in [6.07, 6.45) is 2.59. The van der Waals surface area contributed by atoms with Crippen LogP contribution in [0.15, 0.2) is 42.5 Å². The van der Waals surface area contributed by atoms with Gasteiger partial charge in [-0.25, -0.2) is 9.37 Å². The minimum Gasteiger partial charge on any atom is -0.485 e. The number of rotatable bonds is 6. The van der Waals surface area contributed by atoms with Crippen LogP contribution in [0.25, 0.3) is 11.2 Å². The van der Waals surface area contributed by atoms with Gasteiger partial charge in [0.25, 0.3) is 0 Å². The Labute approximate surface area is 241 Å². The predicted molar refractivity (Wildman–Crippen MR) is 149 cm³/mol. The molecule has 40 heavy (non-hydrogen) atoms. The molecule has 0 N–H and O–H groups in total. The van der Waals surface area contributed by atoms with Crippen LogP contribution in [-0.4, -0.2) is 57.1 Å². The maximum atomic E-state index is 14.6. The smallest absolute Gasteiger partial charge is 0.182 e. The lowest BCUT2D eigenvalue weighted by Crippen LogP contribution is -2.35. The van der Waals surface area contributed by atoms with Crippen LogP contribution < -0.4 is 9.47 Å². The van der Waals surface area contributed by atoms with E-state index in [0.717, 1.165) is 61.5 Å². The summed E-state index contributed by atoms with van der Waals surface area (Å²) < 4.78 is 34.9. The number of hydrogen-bond donors (Lipinski definition) is 0. The molecule has 4 aromatic rings. The second-order valence-corrected chi connectivity index (χ2v) is 11.4. The van der Waals surface area contributed by atoms with E-state index in [-0.39, 0.29) is 12.7 Å². The first-order chi connectivity index (χ1) is 19.5. The maximum Gasteiger partial charge on any atom is 0.182 e. The number of likely N-dealkylation sites (tertiary alicyclic amines) is 1. The van der Waals surface area contributed by atoms with E-state index in [9.17, 15) is 4.39 Å². The van der Waals surface area contributed by atoms with E-state index >= 15 is 0 Å². The Morgan fingerprint density at radius 3 is 2.62 bits per heavy atom. The fourth-order valence-corrected chi connectivity index (χ4v) is 6.15. The van der Waals surface area contributed by atoms with Crippen molar-refractivity contribution in [1.29, 1.82) is 0 Å². The molecule has 2 saturated heterocycles. The molecule has 0 aliphatic carbocycles. The van der Waals surface area contributed by atoms with Crippen LogP contribution >= 0.6 is 23.2 Å². The molecule has 3 aliphatic rings. The maximum absolute atomic E-state index is 14.6. The first-order valence-corrected chi connectivity index (χ1v) is 14.4. The lowest BCUT2D eigenvalue weighted by Gasteiger charge is -2.35. The molecule has 0 spiro atoms. The van der Waals surface area contributed by atoms with E-state index in [1.807, 2.05) is 12.1 Å². The van der Waals surface area contributed by atoms with Gasteiger partial charge in [0, 0.05) is 28.8 Å². The molecule has 2 atom stereocenters. The molecule has 0 unspecified atom stereocenters. The van der Waals surface area contributed by atoms with Crippen LogP contribution in [0.2, 0.25) is 10.2 Å². The molecule has 2 fully saturated rings. The molecule has 7 rings (SSSR count). The summed E-state index contributed by atoms with van der Waals surface area (Å²) in [6.45, 7) is 4.26. The summed E-state index contributed by atoms with van der Waals surface area (Å²) in [4.78, 5) is 7.29. The zero-order valence-corrected chi connectivity index (χ0v) is 23.2. The average Bonchev–Trinajstić information content (AvgIpc) is 3.26. The molecule has 11 heteroatoms. The highest BCUT2D eigenvalue weighted by atomic mass is 35.5. The Bertz CT molecular complexity index is 1550. The Hall–Kier alpha value is -2.98. The van der Waals surface area contributed by atoms with Gasteiger partial charge in [0.15, 0.2) is 28.4 Å². The van der Waals surface area contributed by atoms with Crippen molar-refractivity contribution in [3.05, 3.63) is 75.4 Å². The minimum atomic E-state index is -0.532. The highest BCUT2D eigenvalue weighted by molar-refractivity contribution is 6.30. The van der Waals surface area contributed by atoms with E-state index < -0.39 is 11.9 Å². The van der Waals surface area contributed by atoms with Crippen LogP contribution in [-0.2, 0) is 17.8 Å². The van der Waals surface area contributed by atoms with E-state index in [1.54, 1.807) is 18.2 Å². The molecule has 208 valence electrons. The first kappa shape index (κ1) is 26.0. The van der Waals surface area contributed by atoms with Crippen molar-refractivity contribution in [2.75, 3.05) is 26.3 Å². The third-order valence-corrected chi connectivity index (χ3v) is 8.50. The molecule has 8 nitrogen and oxygen atoms in total. The third-order valence-electron chi connectivity index (χ3n) is 8.08. The fraction of sp³-hybridized carbons (Fsp3) is 0.414. The van der Waals surface area contributed by atoms with Crippen LogP contribution in [0, 0.1) is 5.82 Å². The Balaban J connectivity index is 1.07. The largest absolute Gasteiger partial charge is 0.485 e. The van der Waals surface area contributed by atoms with Crippen LogP contribution in [0.4, 0.5) is 4.39 Å². The van der Waals surface area contributed by atoms with Crippen molar-refractivity contribution in [2.45, 2.75) is 50.5 Å². The molecule has 0 bridgehead atoms. The molecule has 2 aromatic carbocycles. The summed E-state index contributed by atoms with van der Waals surface area (Å²) in [7, 11) is 0. The zero-order valence-electron chi connectivity index (χ0n) is 21.7. The van der Waals surface area contributed by atoms with E-state index in [4.69, 9.17) is 42.4 Å². The van der Waals surface area contributed by atoms with Crippen molar-refractivity contribution in [1.82, 2.24) is 24.6 Å². The highest BCUT2D eigenvalue weighted by Gasteiger charge is 2.31. The summed E-state index contributed by atoms with van der Waals surface area (Å²) in [5, 5.41) is 9.06. The highest BCUT2D eigenvalue weighted by Crippen LogP contribution is 2.45. The van der Waals surface area contributed by atoms with E-state index in [1.165, 1.54) is 6.07 Å². The number of aromatic nitrogens is 4. The number of piperidine rings is 1. The molecule has 3 aliphatic heterocycles. The molecule has 5 heterocycles. The molecular formula is C29H28Cl2FN5O3. The van der Waals surface area contributed by atoms with Crippen molar-refractivity contribution < 1.29 is 18.6 Å². The van der Waals surface area contributed by atoms with Gasteiger partial charge < -0.3 is 18.8 Å². The van der Waals surface area contributed by atoms with Crippen molar-refractivity contribution >= 4 is 34.4 Å². The number of hydrogen-bond acceptors (Lipinski definition) is 7. The summed E-state index contributed by atoms with van der Waals surface area (Å²) in [5.74, 6) is 2.28. The predicted octanol–water partition coefficient (Wildman–Crippen LogP) is 5.95. The molecule has 0 radical (unpaired) electrons. The minimum absolute atomic E-state index is 0.177. The van der Waals surface area contributed by atoms with Crippen LogP contribution in [0.3, 0.4) is 0 Å². The van der Waals surface area contributed by atoms with Gasteiger partial charge in [-0.2, -0.15) is 0 Å². The Kier molecular flexibility index (Phi) is 6.99. The van der Waals surface area contributed by atoms with Gasteiger partial charge in [-0.15, -0.1) is 10.2 Å². The first-order valence-electron chi connectivity index (χ1n) is 13.6. The third kappa shape index (κ3) is 5.00. The average molecular weight is 584 g/mol. The van der Waals surface area contributed by atoms with Gasteiger partial charge in [0.1, 0.15) is 23.8 Å². The molecule has 0 saturated carbocycles. The SMILES string of the molecule is Fc1cc(Cl)ccc1[C@H]1COc2cccc(C3CCN(Cc4nc5cc(Cl)nnc5n4C[C@@H]4CCO4)CC3)c2O1. The van der Waals surface area contributed by atoms with Gasteiger partial charge in [-0.1, -0.05) is 41.4 Å². The van der Waals surface area contributed by atoms with Crippen molar-refractivity contribution in [3.8, 4) is 11.5 Å². The van der Waals surface area contributed by atoms with Gasteiger partial charge in [0.2, 0.25) is 0 Å². The normalized spacial score (nSPS) is 21.5. The van der Waals surface area contributed by atoms with Crippen molar-refractivity contribution in [2.24, 2.45) is 0 Å². The number of benzene rings is 2. The lowest BCUT2D eigenvalue weighted by atomic mass is 9.88. The standard InChI is InChI=1S/C29H28Cl2FN5O3/c30-18-4-5-21(22(32)12-18)25-16-39-24-3-1-2-20(28(24)40-25)17-6-9-36(10-7-17)15-27-33-23-13-26(31)34-35-29(23)37(27)14-19-8-11-38-19/h1-5,12-13,17,19,25H,6-11,14-16H2/t19-,25+/m0/s1. The quantitative estimate of drug-likeness (QED) is 0.277. The number of para-hydroxylation sites is 1. The Morgan fingerprint density at radius 1 is 1.00 bits per heavy atom. The number of halogens is 3. The van der Waals surface area contributed by atoms with Gasteiger partial charge in [0.05, 0.1) is 19.2 Å². The molecule has 2 aromatic heterocycles. The van der Waals surface area contributed by atoms with Gasteiger partial charge in [-0.05, 0) is 56.5 Å². The number of fused-ring (bicyclic) bond motifs is 2. The van der Waals surface area contributed by atoms with Gasteiger partial charge >= 0.3 is 0 Å². The number of nitrogens with zero attached hydrogens (tertiary/aromatic N) is 5. The second-order valence-electron chi connectivity index (χ2n) is 10.6. The Morgan fingerprint density at radius 2 is 1.85 bits per heavy atom.